The van der Waals surface area contributed by atoms with Crippen LogP contribution in [-0.4, -0.2) is 27.7 Å². The summed E-state index contributed by atoms with van der Waals surface area (Å²) >= 11 is 0. The van der Waals surface area contributed by atoms with Gasteiger partial charge in [-0.3, -0.25) is 0 Å². The van der Waals surface area contributed by atoms with Crippen LogP contribution in [-0.2, 0) is 14.8 Å². The van der Waals surface area contributed by atoms with Crippen LogP contribution in [0.4, 0.5) is 4.79 Å². The predicted octanol–water partition coefficient (Wildman–Crippen LogP) is 2.30. The summed E-state index contributed by atoms with van der Waals surface area (Å²) in [6.07, 6.45) is 0.969. The third kappa shape index (κ3) is 5.08. The molecule has 1 rings (SSSR count). The van der Waals surface area contributed by atoms with Gasteiger partial charge in [0.25, 0.3) is 10.0 Å². The number of rotatable bonds is 7. The van der Waals surface area contributed by atoms with E-state index in [4.69, 9.17) is 4.74 Å². The molecule has 0 radical (unpaired) electrons. The average molecular weight is 301 g/mol. The number of sulfonamides is 1. The quantitative estimate of drug-likeness (QED) is 0.781. The molecule has 1 aromatic rings. The fourth-order valence-corrected chi connectivity index (χ4v) is 2.27. The molecule has 0 saturated carbocycles. The molecule has 0 saturated heterocycles. The highest BCUT2D eigenvalue weighted by atomic mass is 32.2. The third-order valence-corrected chi connectivity index (χ3v) is 3.72. The normalized spacial score (nSPS) is 10.9. The number of hydrogen-bond acceptors (Lipinski definition) is 5. The Bertz CT molecular complexity index is 524. The molecule has 7 heteroatoms. The van der Waals surface area contributed by atoms with Crippen LogP contribution in [0.1, 0.15) is 26.7 Å². The minimum Gasteiger partial charge on any atom is -0.494 e. The molecule has 1 N–H and O–H groups in total. The van der Waals surface area contributed by atoms with E-state index >= 15 is 0 Å². The molecule has 112 valence electrons. The van der Waals surface area contributed by atoms with Crippen molar-refractivity contribution in [2.75, 3.05) is 13.2 Å². The summed E-state index contributed by atoms with van der Waals surface area (Å²) in [5.41, 5.74) is 0. The Balaban J connectivity index is 2.69. The fourth-order valence-electron chi connectivity index (χ4n) is 1.38. The zero-order valence-electron chi connectivity index (χ0n) is 11.6. The van der Waals surface area contributed by atoms with E-state index in [1.54, 1.807) is 19.1 Å². The first-order valence-electron chi connectivity index (χ1n) is 6.42. The van der Waals surface area contributed by atoms with Crippen molar-refractivity contribution in [3.8, 4) is 5.75 Å². The summed E-state index contributed by atoms with van der Waals surface area (Å²) in [5.74, 6) is 0.591. The molecule has 1 amide bonds. The van der Waals surface area contributed by atoms with Gasteiger partial charge in [0.15, 0.2) is 0 Å². The number of carbonyl (C=O) groups is 1. The monoisotopic (exact) mass is 301 g/mol. The molecule has 0 aliphatic rings. The molecule has 0 unspecified atom stereocenters. The summed E-state index contributed by atoms with van der Waals surface area (Å²) in [4.78, 5) is 11.1. The van der Waals surface area contributed by atoms with E-state index in [0.29, 0.717) is 12.4 Å². The number of hydrogen-bond donors (Lipinski definition) is 1. The average Bonchev–Trinajstić information content (AvgIpc) is 2.39. The van der Waals surface area contributed by atoms with Crippen LogP contribution in [0, 0.1) is 0 Å². The largest absolute Gasteiger partial charge is 0.494 e. The van der Waals surface area contributed by atoms with E-state index in [2.05, 4.69) is 11.7 Å². The molecular formula is C13H19NO5S. The second kappa shape index (κ2) is 7.74. The first-order chi connectivity index (χ1) is 9.49. The van der Waals surface area contributed by atoms with Crippen molar-refractivity contribution < 1.29 is 22.7 Å². The molecule has 0 atom stereocenters. The molecule has 0 fully saturated rings. The van der Waals surface area contributed by atoms with Gasteiger partial charge in [-0.1, -0.05) is 13.3 Å². The maximum Gasteiger partial charge on any atom is 0.421 e. The van der Waals surface area contributed by atoms with Gasteiger partial charge in [-0.2, -0.15) is 0 Å². The van der Waals surface area contributed by atoms with Gasteiger partial charge in [-0.15, -0.1) is 0 Å². The Morgan fingerprint density at radius 2 is 1.85 bits per heavy atom. The van der Waals surface area contributed by atoms with Crippen LogP contribution in [0.5, 0.6) is 5.75 Å². The third-order valence-electron chi connectivity index (χ3n) is 2.39. The molecule has 20 heavy (non-hydrogen) atoms. The second-order valence-electron chi connectivity index (χ2n) is 4.00. The number of carbonyl (C=O) groups excluding carboxylic acids is 1. The Kier molecular flexibility index (Phi) is 6.30. The van der Waals surface area contributed by atoms with Crippen molar-refractivity contribution in [1.82, 2.24) is 4.72 Å². The van der Waals surface area contributed by atoms with Crippen molar-refractivity contribution in [1.29, 1.82) is 0 Å². The highest BCUT2D eigenvalue weighted by Crippen LogP contribution is 2.16. The van der Waals surface area contributed by atoms with Gasteiger partial charge in [0.2, 0.25) is 0 Å². The van der Waals surface area contributed by atoms with Crippen LogP contribution >= 0.6 is 0 Å². The van der Waals surface area contributed by atoms with Crippen molar-refractivity contribution in [3.05, 3.63) is 24.3 Å². The van der Waals surface area contributed by atoms with Gasteiger partial charge in [-0.25, -0.2) is 17.9 Å². The Hall–Kier alpha value is -1.76. The van der Waals surface area contributed by atoms with Gasteiger partial charge in [0, 0.05) is 0 Å². The number of amides is 1. The number of ether oxygens (including phenoxy) is 2. The Morgan fingerprint density at radius 1 is 1.20 bits per heavy atom. The molecule has 1 aromatic carbocycles. The first kappa shape index (κ1) is 16.3. The van der Waals surface area contributed by atoms with Crippen molar-refractivity contribution in [2.24, 2.45) is 0 Å². The minimum absolute atomic E-state index is 0.0200. The molecule has 0 aliphatic carbocycles. The number of benzene rings is 1. The van der Waals surface area contributed by atoms with E-state index in [0.717, 1.165) is 12.8 Å². The SMILES string of the molecule is CCCCOc1ccc(S(=O)(=O)NC(=O)OCC)cc1. The van der Waals surface area contributed by atoms with Gasteiger partial charge in [0.1, 0.15) is 5.75 Å². The van der Waals surface area contributed by atoms with Crippen LogP contribution < -0.4 is 9.46 Å². The van der Waals surface area contributed by atoms with E-state index in [9.17, 15) is 13.2 Å². The zero-order valence-corrected chi connectivity index (χ0v) is 12.4. The smallest absolute Gasteiger partial charge is 0.421 e. The van der Waals surface area contributed by atoms with E-state index in [1.165, 1.54) is 12.1 Å². The van der Waals surface area contributed by atoms with Gasteiger partial charge in [-0.05, 0) is 37.6 Å². The van der Waals surface area contributed by atoms with Crippen molar-refractivity contribution >= 4 is 16.1 Å². The maximum absolute atomic E-state index is 11.8. The van der Waals surface area contributed by atoms with Crippen molar-refractivity contribution in [2.45, 2.75) is 31.6 Å². The molecular weight excluding hydrogens is 282 g/mol. The second-order valence-corrected chi connectivity index (χ2v) is 5.68. The Labute approximate surface area is 119 Å². The highest BCUT2D eigenvalue weighted by Gasteiger charge is 2.18. The molecule has 0 aromatic heterocycles. The summed E-state index contributed by atoms with van der Waals surface area (Å²) < 4.78 is 35.4. The van der Waals surface area contributed by atoms with E-state index in [-0.39, 0.29) is 11.5 Å². The van der Waals surface area contributed by atoms with Gasteiger partial charge >= 0.3 is 6.09 Å². The Morgan fingerprint density at radius 3 is 2.40 bits per heavy atom. The topological polar surface area (TPSA) is 81.7 Å². The molecule has 0 aliphatic heterocycles. The molecule has 0 bridgehead atoms. The van der Waals surface area contributed by atoms with Crippen LogP contribution in [0.25, 0.3) is 0 Å². The van der Waals surface area contributed by atoms with E-state index in [1.807, 2.05) is 4.72 Å². The summed E-state index contributed by atoms with van der Waals surface area (Å²) in [6, 6.07) is 5.86. The number of unbranched alkanes of at least 4 members (excludes halogenated alkanes) is 1. The molecule has 6 nitrogen and oxygen atoms in total. The summed E-state index contributed by atoms with van der Waals surface area (Å²) in [7, 11) is -3.90. The minimum atomic E-state index is -3.90. The lowest BCUT2D eigenvalue weighted by Crippen LogP contribution is -2.31. The predicted molar refractivity (Wildman–Crippen MR) is 74.2 cm³/mol. The zero-order chi connectivity index (χ0) is 15.0. The maximum atomic E-state index is 11.8. The van der Waals surface area contributed by atoms with Gasteiger partial charge in [0.05, 0.1) is 18.1 Å². The fraction of sp³-hybridized carbons (Fsp3) is 0.462. The molecule has 0 spiro atoms. The summed E-state index contributed by atoms with van der Waals surface area (Å²) in [6.45, 7) is 4.34. The lowest BCUT2D eigenvalue weighted by Gasteiger charge is -2.08. The lowest BCUT2D eigenvalue weighted by atomic mass is 10.3. The van der Waals surface area contributed by atoms with Crippen LogP contribution in [0.2, 0.25) is 0 Å². The standard InChI is InChI=1S/C13H19NO5S/c1-3-5-10-19-11-6-8-12(9-7-11)20(16,17)14-13(15)18-4-2/h6-9H,3-5,10H2,1-2H3,(H,14,15). The van der Waals surface area contributed by atoms with E-state index < -0.39 is 16.1 Å². The van der Waals surface area contributed by atoms with Crippen LogP contribution in [0.3, 0.4) is 0 Å². The van der Waals surface area contributed by atoms with Crippen molar-refractivity contribution in [3.63, 3.8) is 0 Å². The first-order valence-corrected chi connectivity index (χ1v) is 7.90. The van der Waals surface area contributed by atoms with Crippen LogP contribution in [0.15, 0.2) is 29.2 Å². The van der Waals surface area contributed by atoms with Gasteiger partial charge < -0.3 is 9.47 Å². The highest BCUT2D eigenvalue weighted by molar-refractivity contribution is 7.90. The summed E-state index contributed by atoms with van der Waals surface area (Å²) in [5, 5.41) is 0. The lowest BCUT2D eigenvalue weighted by molar-refractivity contribution is 0.158. The molecule has 0 heterocycles. The number of nitrogens with one attached hydrogen (secondary N) is 1.